The molecule has 5 heteroatoms. The molecule has 1 fully saturated rings. The molecule has 0 N–H and O–H groups in total. The number of hydrogen-bond donors (Lipinski definition) is 0. The average Bonchev–Trinajstić information content (AvgIpc) is 2.45. The fourth-order valence-electron chi connectivity index (χ4n) is 1.33. The van der Waals surface area contributed by atoms with Crippen molar-refractivity contribution in [1.29, 1.82) is 0 Å². The summed E-state index contributed by atoms with van der Waals surface area (Å²) in [6.07, 6.45) is 1.55. The van der Waals surface area contributed by atoms with Crippen molar-refractivity contribution < 1.29 is 9.59 Å². The molecule has 0 bridgehead atoms. The maximum absolute atomic E-state index is 11.3. The summed E-state index contributed by atoms with van der Waals surface area (Å²) in [7, 11) is 0. The molecule has 0 saturated carbocycles. The molecule has 0 unspecified atom stereocenters. The lowest BCUT2D eigenvalue weighted by Crippen LogP contribution is -2.26. The first-order valence-corrected chi connectivity index (χ1v) is 4.28. The molecule has 0 atom stereocenters. The maximum atomic E-state index is 11.3. The first-order valence-electron chi connectivity index (χ1n) is 4.28. The summed E-state index contributed by atoms with van der Waals surface area (Å²) in [6.45, 7) is 1.91. The summed E-state index contributed by atoms with van der Waals surface area (Å²) < 4.78 is 0. The molecule has 14 heavy (non-hydrogen) atoms. The molecule has 1 aliphatic heterocycles. The van der Waals surface area contributed by atoms with Crippen LogP contribution in [0.5, 0.6) is 0 Å². The highest BCUT2D eigenvalue weighted by molar-refractivity contribution is 6.14. The van der Waals surface area contributed by atoms with Crippen LogP contribution in [0.25, 0.3) is 0 Å². The van der Waals surface area contributed by atoms with Gasteiger partial charge in [0.2, 0.25) is 11.9 Å². The molecular weight excluding hydrogens is 182 g/mol. The van der Waals surface area contributed by atoms with Gasteiger partial charge in [0, 0.05) is 11.9 Å². The summed E-state index contributed by atoms with van der Waals surface area (Å²) >= 11 is 0. The second-order valence-electron chi connectivity index (χ2n) is 3.19. The normalized spacial score (nSPS) is 16.5. The molecule has 72 valence electrons. The predicted molar refractivity (Wildman–Crippen MR) is 48.7 cm³/mol. The highest BCUT2D eigenvalue weighted by Gasteiger charge is 2.30. The largest absolute Gasteiger partial charge is 0.297 e. The first-order chi connectivity index (χ1) is 6.66. The Hall–Kier alpha value is -1.78. The van der Waals surface area contributed by atoms with Crippen molar-refractivity contribution in [3.63, 3.8) is 0 Å². The molecule has 1 aromatic rings. The molecule has 0 aromatic carbocycles. The third-order valence-electron chi connectivity index (χ3n) is 2.01. The molecule has 1 saturated heterocycles. The number of carbonyl (C=O) groups excluding carboxylic acids is 2. The molecule has 1 aliphatic rings. The molecule has 2 rings (SSSR count). The van der Waals surface area contributed by atoms with E-state index in [1.807, 2.05) is 6.92 Å². The number of rotatable bonds is 1. The molecule has 0 spiro atoms. The van der Waals surface area contributed by atoms with Crippen LogP contribution in [0.15, 0.2) is 12.3 Å². The number of carbonyl (C=O) groups is 2. The van der Waals surface area contributed by atoms with Crippen molar-refractivity contribution >= 4 is 17.6 Å². The zero-order valence-corrected chi connectivity index (χ0v) is 7.73. The van der Waals surface area contributed by atoms with Crippen molar-refractivity contribution in [3.8, 4) is 0 Å². The standard InChI is InChI=1S/C9H9N3O2/c1-6-2-3-10-9(11-6)12-5-7(13)4-8(12)14/h2-3H,4-5H2,1H3. The van der Waals surface area contributed by atoms with Crippen LogP contribution in [0.1, 0.15) is 12.1 Å². The maximum Gasteiger partial charge on any atom is 0.237 e. The van der Waals surface area contributed by atoms with E-state index in [-0.39, 0.29) is 24.7 Å². The topological polar surface area (TPSA) is 63.2 Å². The quantitative estimate of drug-likeness (QED) is 0.590. The number of Topliss-reactive ketones (excluding diaryl/α,β-unsaturated/α-hetero) is 1. The van der Waals surface area contributed by atoms with Crippen molar-refractivity contribution in [3.05, 3.63) is 18.0 Å². The Morgan fingerprint density at radius 3 is 2.79 bits per heavy atom. The third-order valence-corrected chi connectivity index (χ3v) is 2.01. The monoisotopic (exact) mass is 191 g/mol. The molecule has 1 aromatic heterocycles. The second-order valence-corrected chi connectivity index (χ2v) is 3.19. The van der Waals surface area contributed by atoms with E-state index in [1.54, 1.807) is 12.3 Å². The van der Waals surface area contributed by atoms with Crippen LogP contribution in [0, 0.1) is 6.92 Å². The van der Waals surface area contributed by atoms with Gasteiger partial charge >= 0.3 is 0 Å². The number of anilines is 1. The Labute approximate surface area is 80.8 Å². The SMILES string of the molecule is Cc1ccnc(N2CC(=O)CC2=O)n1. The van der Waals surface area contributed by atoms with Crippen LogP contribution in [0.4, 0.5) is 5.95 Å². The lowest BCUT2D eigenvalue weighted by molar-refractivity contribution is -0.121. The Kier molecular flexibility index (Phi) is 1.99. The minimum atomic E-state index is -0.222. The molecule has 1 amide bonds. The van der Waals surface area contributed by atoms with Crippen molar-refractivity contribution in [2.75, 3.05) is 11.4 Å². The Bertz CT molecular complexity index is 403. The second kappa shape index (κ2) is 3.17. The van der Waals surface area contributed by atoms with Gasteiger partial charge in [0.05, 0.1) is 13.0 Å². The summed E-state index contributed by atoms with van der Waals surface area (Å²) in [4.78, 5) is 31.7. The van der Waals surface area contributed by atoms with E-state index in [4.69, 9.17) is 0 Å². The zero-order valence-electron chi connectivity index (χ0n) is 7.73. The van der Waals surface area contributed by atoms with Gasteiger partial charge in [-0.2, -0.15) is 0 Å². The van der Waals surface area contributed by atoms with Crippen LogP contribution in [-0.4, -0.2) is 28.2 Å². The fourth-order valence-corrected chi connectivity index (χ4v) is 1.33. The van der Waals surface area contributed by atoms with Gasteiger partial charge in [-0.3, -0.25) is 14.5 Å². The van der Waals surface area contributed by atoms with Gasteiger partial charge in [0.1, 0.15) is 0 Å². The number of aromatic nitrogens is 2. The molecule has 0 aliphatic carbocycles. The smallest absolute Gasteiger partial charge is 0.237 e. The van der Waals surface area contributed by atoms with E-state index < -0.39 is 0 Å². The molecule has 5 nitrogen and oxygen atoms in total. The zero-order chi connectivity index (χ0) is 10.1. The minimum Gasteiger partial charge on any atom is -0.297 e. The highest BCUT2D eigenvalue weighted by Crippen LogP contribution is 2.14. The van der Waals surface area contributed by atoms with Crippen LogP contribution in [0.2, 0.25) is 0 Å². The van der Waals surface area contributed by atoms with Crippen molar-refractivity contribution in [1.82, 2.24) is 9.97 Å². The first kappa shape index (κ1) is 8.80. The van der Waals surface area contributed by atoms with Gasteiger partial charge in [-0.15, -0.1) is 0 Å². The summed E-state index contributed by atoms with van der Waals surface area (Å²) in [6, 6.07) is 1.74. The van der Waals surface area contributed by atoms with Crippen LogP contribution in [0.3, 0.4) is 0 Å². The van der Waals surface area contributed by atoms with Gasteiger partial charge in [0.15, 0.2) is 5.78 Å². The molecule has 0 radical (unpaired) electrons. The Morgan fingerprint density at radius 1 is 1.43 bits per heavy atom. The van der Waals surface area contributed by atoms with E-state index in [9.17, 15) is 9.59 Å². The van der Waals surface area contributed by atoms with Gasteiger partial charge < -0.3 is 0 Å². The number of amides is 1. The molecule has 2 heterocycles. The number of ketones is 1. The van der Waals surface area contributed by atoms with E-state index >= 15 is 0 Å². The van der Waals surface area contributed by atoms with Gasteiger partial charge in [0.25, 0.3) is 0 Å². The summed E-state index contributed by atoms with van der Waals surface area (Å²) in [5.41, 5.74) is 0.780. The van der Waals surface area contributed by atoms with E-state index in [2.05, 4.69) is 9.97 Å². The minimum absolute atomic E-state index is 0.0305. The number of nitrogens with zero attached hydrogens (tertiary/aromatic N) is 3. The lowest BCUT2D eigenvalue weighted by Gasteiger charge is -2.11. The van der Waals surface area contributed by atoms with Gasteiger partial charge in [-0.25, -0.2) is 9.97 Å². The third kappa shape index (κ3) is 1.48. The van der Waals surface area contributed by atoms with Crippen LogP contribution >= 0.6 is 0 Å². The Morgan fingerprint density at radius 2 is 2.21 bits per heavy atom. The lowest BCUT2D eigenvalue weighted by atomic mass is 10.3. The number of hydrogen-bond acceptors (Lipinski definition) is 4. The summed E-state index contributed by atoms with van der Waals surface area (Å²) in [5, 5.41) is 0. The van der Waals surface area contributed by atoms with Crippen molar-refractivity contribution in [2.45, 2.75) is 13.3 Å². The van der Waals surface area contributed by atoms with Crippen molar-refractivity contribution in [2.24, 2.45) is 0 Å². The van der Waals surface area contributed by atoms with E-state index in [0.717, 1.165) is 5.69 Å². The van der Waals surface area contributed by atoms with E-state index in [0.29, 0.717) is 5.95 Å². The predicted octanol–water partition coefficient (Wildman–Crippen LogP) is 0.0908. The van der Waals surface area contributed by atoms with Gasteiger partial charge in [-0.05, 0) is 13.0 Å². The Balaban J connectivity index is 2.31. The molecular formula is C9H9N3O2. The van der Waals surface area contributed by atoms with E-state index in [1.165, 1.54) is 4.90 Å². The fraction of sp³-hybridized carbons (Fsp3) is 0.333. The van der Waals surface area contributed by atoms with Crippen LogP contribution in [-0.2, 0) is 9.59 Å². The average molecular weight is 191 g/mol. The van der Waals surface area contributed by atoms with Gasteiger partial charge in [-0.1, -0.05) is 0 Å². The van der Waals surface area contributed by atoms with Crippen LogP contribution < -0.4 is 4.90 Å². The highest BCUT2D eigenvalue weighted by atomic mass is 16.2. The summed E-state index contributed by atoms with van der Waals surface area (Å²) in [5.74, 6) is 0.0153. The number of aryl methyl sites for hydroxylation is 1.